The van der Waals surface area contributed by atoms with Crippen molar-refractivity contribution in [2.75, 3.05) is 33.3 Å². The molecule has 1 aromatic rings. The summed E-state index contributed by atoms with van der Waals surface area (Å²) in [5.41, 5.74) is 1.25. The van der Waals surface area contributed by atoms with Crippen molar-refractivity contribution in [3.05, 3.63) is 28.2 Å². The van der Waals surface area contributed by atoms with Gasteiger partial charge in [0.25, 0.3) is 0 Å². The number of ether oxygens (including phenoxy) is 1. The summed E-state index contributed by atoms with van der Waals surface area (Å²) in [6, 6.07) is 6.20. The smallest absolute Gasteiger partial charge is 0.414 e. The van der Waals surface area contributed by atoms with Crippen LogP contribution in [0.5, 0.6) is 5.75 Å². The SMILES string of the molecule is CCCN(CCCCNC(=O)C1CCCCC1)CCc1cc(Br)ccc1OC.O=C(O)C(=O)O. The van der Waals surface area contributed by atoms with E-state index in [0.717, 1.165) is 74.9 Å². The fourth-order valence-electron chi connectivity index (χ4n) is 4.05. The molecule has 0 bridgehead atoms. The fourth-order valence-corrected chi connectivity index (χ4v) is 4.46. The molecule has 0 aliphatic heterocycles. The Morgan fingerprint density at radius 1 is 1.06 bits per heavy atom. The number of methoxy groups -OCH3 is 1. The number of halogens is 1. The molecular formula is C25H39BrN2O6. The second-order valence-electron chi connectivity index (χ2n) is 8.49. The summed E-state index contributed by atoms with van der Waals surface area (Å²) in [5.74, 6) is -2.13. The third-order valence-corrected chi connectivity index (χ3v) is 6.33. The Balaban J connectivity index is 0.000000852. The maximum absolute atomic E-state index is 12.2. The van der Waals surface area contributed by atoms with Gasteiger partial charge in [-0.15, -0.1) is 0 Å². The molecule has 0 heterocycles. The van der Waals surface area contributed by atoms with Crippen LogP contribution in [0.15, 0.2) is 22.7 Å². The number of rotatable bonds is 12. The van der Waals surface area contributed by atoms with Crippen LogP contribution >= 0.6 is 15.9 Å². The van der Waals surface area contributed by atoms with Crippen LogP contribution in [0.1, 0.15) is 63.9 Å². The molecule has 1 aliphatic rings. The van der Waals surface area contributed by atoms with Crippen LogP contribution in [0.4, 0.5) is 0 Å². The minimum atomic E-state index is -1.82. The number of hydrogen-bond acceptors (Lipinski definition) is 5. The molecule has 9 heteroatoms. The van der Waals surface area contributed by atoms with Crippen molar-refractivity contribution in [3.8, 4) is 5.75 Å². The van der Waals surface area contributed by atoms with Gasteiger partial charge in [0.2, 0.25) is 5.91 Å². The van der Waals surface area contributed by atoms with Crippen molar-refractivity contribution < 1.29 is 29.3 Å². The minimum Gasteiger partial charge on any atom is -0.496 e. The number of aliphatic carboxylic acids is 2. The molecule has 0 unspecified atom stereocenters. The molecule has 0 radical (unpaired) electrons. The second-order valence-corrected chi connectivity index (χ2v) is 9.41. The number of nitrogens with zero attached hydrogens (tertiary/aromatic N) is 1. The lowest BCUT2D eigenvalue weighted by atomic mass is 9.89. The Hall–Kier alpha value is -2.13. The van der Waals surface area contributed by atoms with Crippen LogP contribution in [0.25, 0.3) is 0 Å². The third kappa shape index (κ3) is 12.4. The number of unbranched alkanes of at least 4 members (excludes halogenated alkanes) is 1. The summed E-state index contributed by atoms with van der Waals surface area (Å²) in [5, 5.41) is 17.9. The highest BCUT2D eigenvalue weighted by Crippen LogP contribution is 2.24. The maximum atomic E-state index is 12.2. The van der Waals surface area contributed by atoms with Crippen molar-refractivity contribution in [1.82, 2.24) is 10.2 Å². The van der Waals surface area contributed by atoms with Gasteiger partial charge in [0, 0.05) is 23.5 Å². The molecular weight excluding hydrogens is 504 g/mol. The first-order valence-corrected chi connectivity index (χ1v) is 12.9. The van der Waals surface area contributed by atoms with E-state index in [-0.39, 0.29) is 11.8 Å². The van der Waals surface area contributed by atoms with Gasteiger partial charge in [0.15, 0.2) is 0 Å². The standard InChI is InChI=1S/C23H37BrN2O2.C2H2O4/c1-3-15-26(17-13-20-18-21(24)11-12-22(20)28-2)16-8-7-14-25-23(27)19-9-5-4-6-10-19;3-1(4)2(5)6/h11-12,18-19H,3-10,13-17H2,1-2H3,(H,25,27);(H,3,4)(H,5,6). The number of benzene rings is 1. The molecule has 34 heavy (non-hydrogen) atoms. The highest BCUT2D eigenvalue weighted by Gasteiger charge is 2.20. The summed E-state index contributed by atoms with van der Waals surface area (Å²) in [4.78, 5) is 32.9. The zero-order chi connectivity index (χ0) is 25.3. The molecule has 3 N–H and O–H groups in total. The molecule has 1 amide bonds. The Kier molecular flexibility index (Phi) is 15.2. The molecule has 8 nitrogen and oxygen atoms in total. The van der Waals surface area contributed by atoms with E-state index >= 15 is 0 Å². The zero-order valence-corrected chi connectivity index (χ0v) is 21.9. The van der Waals surface area contributed by atoms with E-state index in [4.69, 9.17) is 24.5 Å². The van der Waals surface area contributed by atoms with Gasteiger partial charge in [-0.05, 0) is 75.4 Å². The predicted molar refractivity (Wildman–Crippen MR) is 135 cm³/mol. The predicted octanol–water partition coefficient (Wildman–Crippen LogP) is 4.34. The topological polar surface area (TPSA) is 116 Å². The quantitative estimate of drug-likeness (QED) is 0.265. The molecule has 1 fully saturated rings. The van der Waals surface area contributed by atoms with Crippen LogP contribution < -0.4 is 10.1 Å². The van der Waals surface area contributed by atoms with Crippen LogP contribution in [-0.4, -0.2) is 66.2 Å². The molecule has 0 atom stereocenters. The van der Waals surface area contributed by atoms with E-state index in [1.807, 2.05) is 12.1 Å². The molecule has 192 valence electrons. The molecule has 0 saturated heterocycles. The van der Waals surface area contributed by atoms with Crippen LogP contribution in [0.2, 0.25) is 0 Å². The Morgan fingerprint density at radius 2 is 1.74 bits per heavy atom. The maximum Gasteiger partial charge on any atom is 0.414 e. The highest BCUT2D eigenvalue weighted by molar-refractivity contribution is 9.10. The van der Waals surface area contributed by atoms with Crippen LogP contribution in [0.3, 0.4) is 0 Å². The molecule has 1 saturated carbocycles. The van der Waals surface area contributed by atoms with E-state index in [1.165, 1.54) is 24.8 Å². The number of hydrogen-bond donors (Lipinski definition) is 3. The van der Waals surface area contributed by atoms with Gasteiger partial charge in [0.1, 0.15) is 5.75 Å². The fraction of sp³-hybridized carbons (Fsp3) is 0.640. The first-order valence-electron chi connectivity index (χ1n) is 12.1. The molecule has 2 rings (SSSR count). The van der Waals surface area contributed by atoms with Crippen molar-refractivity contribution in [2.45, 2.75) is 64.7 Å². The van der Waals surface area contributed by atoms with Crippen molar-refractivity contribution >= 4 is 33.8 Å². The highest BCUT2D eigenvalue weighted by atomic mass is 79.9. The number of carboxylic acids is 2. The first-order chi connectivity index (χ1) is 16.3. The molecule has 0 spiro atoms. The van der Waals surface area contributed by atoms with Gasteiger partial charge in [0.05, 0.1) is 7.11 Å². The molecule has 1 aromatic carbocycles. The lowest BCUT2D eigenvalue weighted by Gasteiger charge is -2.23. The van der Waals surface area contributed by atoms with Crippen LogP contribution in [0, 0.1) is 5.92 Å². The Bertz CT molecular complexity index is 756. The minimum absolute atomic E-state index is 0.269. The Labute approximate surface area is 211 Å². The van der Waals surface area contributed by atoms with Gasteiger partial charge in [-0.3, -0.25) is 4.79 Å². The number of amides is 1. The summed E-state index contributed by atoms with van der Waals surface area (Å²) < 4.78 is 6.59. The van der Waals surface area contributed by atoms with Gasteiger partial charge in [-0.25, -0.2) is 9.59 Å². The Morgan fingerprint density at radius 3 is 2.32 bits per heavy atom. The average Bonchev–Trinajstić information content (AvgIpc) is 2.83. The molecule has 1 aliphatic carbocycles. The third-order valence-electron chi connectivity index (χ3n) is 5.84. The number of nitrogens with one attached hydrogen (secondary N) is 1. The lowest BCUT2D eigenvalue weighted by Crippen LogP contribution is -2.33. The number of carbonyl (C=O) groups is 3. The van der Waals surface area contributed by atoms with Gasteiger partial charge < -0.3 is 25.2 Å². The van der Waals surface area contributed by atoms with E-state index in [1.54, 1.807) is 7.11 Å². The van der Waals surface area contributed by atoms with Gasteiger partial charge in [-0.1, -0.05) is 42.1 Å². The summed E-state index contributed by atoms with van der Waals surface area (Å²) in [6.45, 7) is 6.29. The van der Waals surface area contributed by atoms with E-state index in [0.29, 0.717) is 0 Å². The van der Waals surface area contributed by atoms with E-state index in [2.05, 4.69) is 39.1 Å². The largest absolute Gasteiger partial charge is 0.496 e. The van der Waals surface area contributed by atoms with E-state index < -0.39 is 11.9 Å². The van der Waals surface area contributed by atoms with Gasteiger partial charge in [-0.2, -0.15) is 0 Å². The lowest BCUT2D eigenvalue weighted by molar-refractivity contribution is -0.159. The second kappa shape index (κ2) is 17.3. The van der Waals surface area contributed by atoms with Crippen molar-refractivity contribution in [3.63, 3.8) is 0 Å². The monoisotopic (exact) mass is 542 g/mol. The van der Waals surface area contributed by atoms with Crippen molar-refractivity contribution in [1.29, 1.82) is 0 Å². The zero-order valence-electron chi connectivity index (χ0n) is 20.4. The number of carboxylic acid groups (broad SMARTS) is 2. The normalized spacial score (nSPS) is 13.6. The molecule has 0 aromatic heterocycles. The van der Waals surface area contributed by atoms with Crippen molar-refractivity contribution in [2.24, 2.45) is 5.92 Å². The van der Waals surface area contributed by atoms with Crippen LogP contribution in [-0.2, 0) is 20.8 Å². The number of carbonyl (C=O) groups excluding carboxylic acids is 1. The summed E-state index contributed by atoms with van der Waals surface area (Å²) >= 11 is 3.56. The summed E-state index contributed by atoms with van der Waals surface area (Å²) in [7, 11) is 1.73. The van der Waals surface area contributed by atoms with Gasteiger partial charge >= 0.3 is 11.9 Å². The summed E-state index contributed by atoms with van der Waals surface area (Å²) in [6.07, 6.45) is 10.2. The average molecular weight is 543 g/mol. The first kappa shape index (κ1) is 29.9. The van der Waals surface area contributed by atoms with E-state index in [9.17, 15) is 4.79 Å².